The molecule has 1 aliphatic rings. The minimum absolute atomic E-state index is 0.0427. The van der Waals surface area contributed by atoms with E-state index < -0.39 is 5.97 Å². The number of aryl methyl sites for hydroxylation is 1. The van der Waals surface area contributed by atoms with Gasteiger partial charge in [0.25, 0.3) is 0 Å². The number of ketones is 1. The minimum atomic E-state index is -0.689. The first kappa shape index (κ1) is 10.6. The van der Waals surface area contributed by atoms with Crippen molar-refractivity contribution in [2.75, 3.05) is 7.11 Å². The van der Waals surface area contributed by atoms with Gasteiger partial charge in [0.2, 0.25) is 5.88 Å². The number of rotatable bonds is 1. The lowest BCUT2D eigenvalue weighted by molar-refractivity contribution is 0.0596. The third kappa shape index (κ3) is 1.64. The van der Waals surface area contributed by atoms with Gasteiger partial charge in [-0.2, -0.15) is 0 Å². The number of esters is 1. The highest BCUT2D eigenvalue weighted by atomic mass is 16.5. The second-order valence-electron chi connectivity index (χ2n) is 3.62. The average Bonchev–Trinajstić information content (AvgIpc) is 2.28. The molecule has 0 aliphatic heterocycles. The van der Waals surface area contributed by atoms with Crippen LogP contribution in [0.1, 0.15) is 39.3 Å². The second kappa shape index (κ2) is 3.92. The van der Waals surface area contributed by atoms with Crippen LogP contribution in [0, 0.1) is 0 Å². The zero-order valence-electron chi connectivity index (χ0n) is 8.82. The molecule has 0 radical (unpaired) electrons. The Kier molecular flexibility index (Phi) is 2.60. The van der Waals surface area contributed by atoms with Crippen molar-refractivity contribution in [2.45, 2.75) is 19.3 Å². The molecule has 0 atom stereocenters. The van der Waals surface area contributed by atoms with Crippen LogP contribution in [-0.2, 0) is 11.2 Å². The largest absolute Gasteiger partial charge is 0.493 e. The van der Waals surface area contributed by atoms with Crippen molar-refractivity contribution in [2.24, 2.45) is 0 Å². The molecule has 0 spiro atoms. The van der Waals surface area contributed by atoms with E-state index in [0.717, 1.165) is 6.42 Å². The molecule has 0 unspecified atom stereocenters. The number of aromatic hydroxyl groups is 1. The highest BCUT2D eigenvalue weighted by Crippen LogP contribution is 2.25. The van der Waals surface area contributed by atoms with Crippen LogP contribution >= 0.6 is 0 Å². The number of Topliss-reactive ketones (excluding diaryl/α,β-unsaturated/α-hetero) is 1. The molecule has 1 aromatic rings. The molecule has 0 saturated heterocycles. The maximum absolute atomic E-state index is 11.6. The van der Waals surface area contributed by atoms with E-state index >= 15 is 0 Å². The molecule has 0 saturated carbocycles. The molecule has 0 aromatic carbocycles. The number of hydrogen-bond acceptors (Lipinski definition) is 5. The fourth-order valence-electron chi connectivity index (χ4n) is 1.78. The van der Waals surface area contributed by atoms with Crippen molar-refractivity contribution in [3.63, 3.8) is 0 Å². The normalized spacial score (nSPS) is 14.4. The van der Waals surface area contributed by atoms with Gasteiger partial charge in [-0.25, -0.2) is 9.78 Å². The van der Waals surface area contributed by atoms with Gasteiger partial charge in [0.05, 0.1) is 12.8 Å². The van der Waals surface area contributed by atoms with E-state index in [1.54, 1.807) is 0 Å². The molecule has 5 nitrogen and oxygen atoms in total. The number of methoxy groups -OCH3 is 1. The number of aromatic nitrogens is 1. The molecule has 84 valence electrons. The van der Waals surface area contributed by atoms with Crippen LogP contribution in [0.25, 0.3) is 0 Å². The Morgan fingerprint density at radius 1 is 1.50 bits per heavy atom. The quantitative estimate of drug-likeness (QED) is 0.718. The summed E-state index contributed by atoms with van der Waals surface area (Å²) in [5.74, 6) is -1.11. The van der Waals surface area contributed by atoms with Gasteiger partial charge in [0.15, 0.2) is 5.78 Å². The summed E-state index contributed by atoms with van der Waals surface area (Å²) in [6.07, 6.45) is 1.84. The fourth-order valence-corrected chi connectivity index (χ4v) is 1.78. The molecule has 1 aliphatic carbocycles. The smallest absolute Gasteiger partial charge is 0.343 e. The van der Waals surface area contributed by atoms with Gasteiger partial charge in [-0.05, 0) is 18.9 Å². The molecule has 0 amide bonds. The summed E-state index contributed by atoms with van der Waals surface area (Å²) in [6, 6.07) is 1.37. The van der Waals surface area contributed by atoms with Crippen molar-refractivity contribution in [3.8, 4) is 5.88 Å². The van der Waals surface area contributed by atoms with Crippen LogP contribution in [0.4, 0.5) is 0 Å². The topological polar surface area (TPSA) is 76.5 Å². The maximum Gasteiger partial charge on any atom is 0.343 e. The molecule has 2 rings (SSSR count). The van der Waals surface area contributed by atoms with Crippen LogP contribution in [-0.4, -0.2) is 29.0 Å². The van der Waals surface area contributed by atoms with Crippen molar-refractivity contribution in [1.82, 2.24) is 4.98 Å². The van der Waals surface area contributed by atoms with E-state index in [4.69, 9.17) is 0 Å². The Morgan fingerprint density at radius 3 is 2.94 bits per heavy atom. The predicted molar refractivity (Wildman–Crippen MR) is 54.5 cm³/mol. The molecule has 1 aromatic heterocycles. The number of hydrogen-bond donors (Lipinski definition) is 1. The van der Waals surface area contributed by atoms with E-state index in [1.807, 2.05) is 0 Å². The first-order chi connectivity index (χ1) is 7.63. The van der Waals surface area contributed by atoms with Crippen LogP contribution < -0.4 is 0 Å². The number of carbonyl (C=O) groups is 2. The molecule has 5 heteroatoms. The van der Waals surface area contributed by atoms with Gasteiger partial charge >= 0.3 is 5.97 Å². The van der Waals surface area contributed by atoms with Crippen molar-refractivity contribution < 1.29 is 19.4 Å². The highest BCUT2D eigenvalue weighted by Gasteiger charge is 2.23. The molecule has 1 N–H and O–H groups in total. The zero-order chi connectivity index (χ0) is 11.7. The third-order valence-electron chi connectivity index (χ3n) is 2.60. The van der Waals surface area contributed by atoms with Crippen molar-refractivity contribution >= 4 is 11.8 Å². The lowest BCUT2D eigenvalue weighted by Crippen LogP contribution is -2.15. The standard InChI is InChI=1S/C11H11NO4/c1-16-11(15)7-5-6-8(12-10(7)14)3-2-4-9(6)13/h5H,2-4H2,1H3,(H,12,14). The number of nitrogens with zero attached hydrogens (tertiary/aromatic N) is 1. The van der Waals surface area contributed by atoms with E-state index in [0.29, 0.717) is 24.1 Å². The van der Waals surface area contributed by atoms with Crippen LogP contribution in [0.2, 0.25) is 0 Å². The maximum atomic E-state index is 11.6. The molecule has 0 fully saturated rings. The van der Waals surface area contributed by atoms with Gasteiger partial charge in [-0.3, -0.25) is 4.79 Å². The molecular weight excluding hydrogens is 210 g/mol. The van der Waals surface area contributed by atoms with E-state index in [1.165, 1.54) is 13.2 Å². The second-order valence-corrected chi connectivity index (χ2v) is 3.62. The molecule has 16 heavy (non-hydrogen) atoms. The summed E-state index contributed by atoms with van der Waals surface area (Å²) in [4.78, 5) is 26.7. The number of fused-ring (bicyclic) bond motifs is 1. The van der Waals surface area contributed by atoms with Crippen molar-refractivity contribution in [1.29, 1.82) is 0 Å². The Hall–Kier alpha value is -1.91. The fraction of sp³-hybridized carbons (Fsp3) is 0.364. The summed E-state index contributed by atoms with van der Waals surface area (Å²) < 4.78 is 4.49. The van der Waals surface area contributed by atoms with Gasteiger partial charge in [-0.1, -0.05) is 0 Å². The molecule has 1 heterocycles. The SMILES string of the molecule is COC(=O)c1cc2c(nc1O)CCCC2=O. The van der Waals surface area contributed by atoms with Crippen LogP contribution in [0.3, 0.4) is 0 Å². The van der Waals surface area contributed by atoms with Gasteiger partial charge < -0.3 is 9.84 Å². The monoisotopic (exact) mass is 221 g/mol. The summed E-state index contributed by atoms with van der Waals surface area (Å²) in [5.41, 5.74) is 0.919. The predicted octanol–water partition coefficient (Wildman–Crippen LogP) is 1.09. The van der Waals surface area contributed by atoms with E-state index in [-0.39, 0.29) is 17.2 Å². The first-order valence-electron chi connectivity index (χ1n) is 4.98. The lowest BCUT2D eigenvalue weighted by atomic mass is 9.94. The first-order valence-corrected chi connectivity index (χ1v) is 4.98. The summed E-state index contributed by atoms with van der Waals surface area (Å²) in [5, 5.41) is 9.53. The summed E-state index contributed by atoms with van der Waals surface area (Å²) in [6.45, 7) is 0. The molecule has 0 bridgehead atoms. The number of carbonyl (C=O) groups excluding carboxylic acids is 2. The van der Waals surface area contributed by atoms with Crippen LogP contribution in [0.5, 0.6) is 5.88 Å². The third-order valence-corrected chi connectivity index (χ3v) is 2.60. The minimum Gasteiger partial charge on any atom is -0.493 e. The Balaban J connectivity index is 2.54. The van der Waals surface area contributed by atoms with Crippen LogP contribution in [0.15, 0.2) is 6.07 Å². The summed E-state index contributed by atoms with van der Waals surface area (Å²) >= 11 is 0. The summed E-state index contributed by atoms with van der Waals surface area (Å²) in [7, 11) is 1.21. The number of pyridine rings is 1. The van der Waals surface area contributed by atoms with Gasteiger partial charge in [0, 0.05) is 12.0 Å². The Labute approximate surface area is 92.1 Å². The van der Waals surface area contributed by atoms with Gasteiger partial charge in [0.1, 0.15) is 5.56 Å². The van der Waals surface area contributed by atoms with E-state index in [9.17, 15) is 14.7 Å². The lowest BCUT2D eigenvalue weighted by Gasteiger charge is -2.14. The Morgan fingerprint density at radius 2 is 2.25 bits per heavy atom. The molecular formula is C11H11NO4. The van der Waals surface area contributed by atoms with E-state index in [2.05, 4.69) is 9.72 Å². The Bertz CT molecular complexity index is 467. The van der Waals surface area contributed by atoms with Crippen molar-refractivity contribution in [3.05, 3.63) is 22.9 Å². The zero-order valence-corrected chi connectivity index (χ0v) is 8.82. The van der Waals surface area contributed by atoms with Gasteiger partial charge in [-0.15, -0.1) is 0 Å². The number of ether oxygens (including phenoxy) is 1. The highest BCUT2D eigenvalue weighted by molar-refractivity contribution is 6.01. The average molecular weight is 221 g/mol.